The van der Waals surface area contributed by atoms with Gasteiger partial charge in [-0.3, -0.25) is 0 Å². The van der Waals surface area contributed by atoms with Crippen molar-refractivity contribution in [3.63, 3.8) is 0 Å². The second-order valence-electron chi connectivity index (χ2n) is 6.65. The molecule has 0 radical (unpaired) electrons. The molecule has 0 spiro atoms. The van der Waals surface area contributed by atoms with Gasteiger partial charge in [-0.2, -0.15) is 0 Å². The normalized spacial score (nSPS) is 34.6. The molecule has 7 heteroatoms. The van der Waals surface area contributed by atoms with Crippen molar-refractivity contribution >= 4 is 9.84 Å². The summed E-state index contributed by atoms with van der Waals surface area (Å²) in [4.78, 5) is 0. The van der Waals surface area contributed by atoms with Gasteiger partial charge in [0, 0.05) is 0 Å². The number of hydrogen-bond donors (Lipinski definition) is 0. The van der Waals surface area contributed by atoms with Crippen LogP contribution in [-0.4, -0.2) is 56.9 Å². The van der Waals surface area contributed by atoms with Crippen molar-refractivity contribution in [3.05, 3.63) is 12.7 Å². The van der Waals surface area contributed by atoms with E-state index >= 15 is 0 Å². The molecule has 6 nitrogen and oxygen atoms in total. The van der Waals surface area contributed by atoms with Crippen molar-refractivity contribution in [1.29, 1.82) is 0 Å². The lowest BCUT2D eigenvalue weighted by molar-refractivity contribution is -0.160. The van der Waals surface area contributed by atoms with E-state index < -0.39 is 33.3 Å². The highest BCUT2D eigenvalue weighted by Gasteiger charge is 2.54. The fourth-order valence-corrected chi connectivity index (χ4v) is 4.98. The largest absolute Gasteiger partial charge is 0.368 e. The summed E-state index contributed by atoms with van der Waals surface area (Å²) >= 11 is 0. The van der Waals surface area contributed by atoms with Crippen LogP contribution in [0.2, 0.25) is 0 Å². The first-order valence-corrected chi connectivity index (χ1v) is 9.29. The Morgan fingerprint density at radius 1 is 1.36 bits per heavy atom. The van der Waals surface area contributed by atoms with Crippen LogP contribution in [0, 0.1) is 5.92 Å². The summed E-state index contributed by atoms with van der Waals surface area (Å²) in [6.07, 6.45) is 0.0738. The van der Waals surface area contributed by atoms with Gasteiger partial charge in [-0.15, -0.1) is 6.58 Å². The van der Waals surface area contributed by atoms with Crippen LogP contribution >= 0.6 is 0 Å². The minimum absolute atomic E-state index is 0.0172. The summed E-state index contributed by atoms with van der Waals surface area (Å²) < 4.78 is 48.1. The van der Waals surface area contributed by atoms with Gasteiger partial charge in [-0.05, 0) is 19.8 Å². The van der Waals surface area contributed by atoms with E-state index in [-0.39, 0.29) is 31.0 Å². The molecule has 128 valence electrons. The highest BCUT2D eigenvalue weighted by atomic mass is 32.2. The molecule has 0 aromatic heterocycles. The molecule has 0 saturated carbocycles. The molecular formula is C15H26O6S. The Balaban J connectivity index is 2.24. The third kappa shape index (κ3) is 3.89. The summed E-state index contributed by atoms with van der Waals surface area (Å²) in [5.41, 5.74) is -1.03. The molecule has 0 aromatic carbocycles. The van der Waals surface area contributed by atoms with Gasteiger partial charge in [0.1, 0.15) is 18.3 Å². The van der Waals surface area contributed by atoms with Crippen LogP contribution in [0.15, 0.2) is 12.7 Å². The van der Waals surface area contributed by atoms with Crippen LogP contribution in [0.25, 0.3) is 0 Å². The first kappa shape index (κ1) is 17.9. The minimum Gasteiger partial charge on any atom is -0.368 e. The molecule has 0 aromatic rings. The third-order valence-electron chi connectivity index (χ3n) is 3.56. The van der Waals surface area contributed by atoms with Gasteiger partial charge in [-0.1, -0.05) is 19.9 Å². The predicted molar refractivity (Wildman–Crippen MR) is 82.1 cm³/mol. The molecule has 2 aliphatic rings. The molecule has 1 unspecified atom stereocenters. The maximum Gasteiger partial charge on any atom is 0.187 e. The van der Waals surface area contributed by atoms with E-state index in [2.05, 4.69) is 6.58 Å². The van der Waals surface area contributed by atoms with Crippen LogP contribution in [0.5, 0.6) is 0 Å². The number of hydrogen-bond acceptors (Lipinski definition) is 6. The van der Waals surface area contributed by atoms with E-state index in [4.69, 9.17) is 18.9 Å². The molecule has 0 bridgehead atoms. The molecule has 2 heterocycles. The molecule has 22 heavy (non-hydrogen) atoms. The lowest BCUT2D eigenvalue weighted by Crippen LogP contribution is -2.56. The van der Waals surface area contributed by atoms with Crippen molar-refractivity contribution in [2.24, 2.45) is 5.92 Å². The Kier molecular flexibility index (Phi) is 5.34. The average molecular weight is 334 g/mol. The van der Waals surface area contributed by atoms with Gasteiger partial charge in [0.05, 0.1) is 19.0 Å². The molecule has 0 amide bonds. The van der Waals surface area contributed by atoms with E-state index in [0.717, 1.165) is 0 Å². The topological polar surface area (TPSA) is 71.1 Å². The summed E-state index contributed by atoms with van der Waals surface area (Å²) in [5, 5.41) is 0. The average Bonchev–Trinajstić information content (AvgIpc) is 2.68. The summed E-state index contributed by atoms with van der Waals surface area (Å²) in [6, 6.07) is 0. The van der Waals surface area contributed by atoms with Crippen molar-refractivity contribution in [1.82, 2.24) is 0 Å². The van der Waals surface area contributed by atoms with Crippen molar-refractivity contribution in [2.75, 3.05) is 19.0 Å². The van der Waals surface area contributed by atoms with Gasteiger partial charge in [0.2, 0.25) is 0 Å². The fraction of sp³-hybridized carbons (Fsp3) is 0.867. The summed E-state index contributed by atoms with van der Waals surface area (Å²) in [6.45, 7) is 11.3. The highest BCUT2D eigenvalue weighted by molar-refractivity contribution is 7.91. The molecule has 4 atom stereocenters. The summed E-state index contributed by atoms with van der Waals surface area (Å²) in [5.74, 6) is -0.707. The van der Waals surface area contributed by atoms with Crippen LogP contribution in [-0.2, 0) is 28.8 Å². The van der Waals surface area contributed by atoms with E-state index in [1.54, 1.807) is 19.9 Å². The van der Waals surface area contributed by atoms with E-state index in [1.807, 2.05) is 13.8 Å². The number of sulfone groups is 1. The Labute approximate surface area is 132 Å². The van der Waals surface area contributed by atoms with Crippen LogP contribution in [0.1, 0.15) is 27.7 Å². The number of rotatable bonds is 6. The maximum atomic E-state index is 12.6. The zero-order valence-corrected chi connectivity index (χ0v) is 14.5. The van der Waals surface area contributed by atoms with Crippen LogP contribution in [0.3, 0.4) is 0 Å². The third-order valence-corrected chi connectivity index (χ3v) is 5.81. The molecule has 0 N–H and O–H groups in total. The maximum absolute atomic E-state index is 12.6. The Hall–Kier alpha value is -0.470. The van der Waals surface area contributed by atoms with E-state index in [0.29, 0.717) is 0 Å². The van der Waals surface area contributed by atoms with Crippen LogP contribution in [0.4, 0.5) is 0 Å². The Morgan fingerprint density at radius 3 is 2.64 bits per heavy atom. The van der Waals surface area contributed by atoms with Gasteiger partial charge < -0.3 is 18.9 Å². The number of fused-ring (bicyclic) bond motifs is 1. The lowest BCUT2D eigenvalue weighted by atomic mass is 10.1. The van der Waals surface area contributed by atoms with Gasteiger partial charge in [0.15, 0.2) is 21.1 Å². The van der Waals surface area contributed by atoms with E-state index in [9.17, 15) is 8.42 Å². The van der Waals surface area contributed by atoms with Crippen molar-refractivity contribution in [2.45, 2.75) is 57.2 Å². The monoisotopic (exact) mass is 334 g/mol. The predicted octanol–water partition coefficient (Wildman–Crippen LogP) is 1.50. The minimum atomic E-state index is -3.46. The molecule has 0 aliphatic carbocycles. The quantitative estimate of drug-likeness (QED) is 0.686. The molecule has 2 rings (SSSR count). The number of ether oxygens (including phenoxy) is 4. The standard InChI is InChI=1S/C15H26O6S/c1-6-7-18-13-12-11(20-15(4,5)21-12)8-19-14(13)22(16,17)9-10(2)3/h6,10-14H,1,7-9H2,2-5H3/t11-,12-,13+,14?/m1/s1. The first-order valence-electron chi connectivity index (χ1n) is 7.57. The highest BCUT2D eigenvalue weighted by Crippen LogP contribution is 2.37. The second-order valence-corrected chi connectivity index (χ2v) is 8.77. The van der Waals surface area contributed by atoms with Crippen LogP contribution < -0.4 is 0 Å². The van der Waals surface area contributed by atoms with Gasteiger partial charge in [-0.25, -0.2) is 8.42 Å². The molecule has 2 saturated heterocycles. The summed E-state index contributed by atoms with van der Waals surface area (Å²) in [7, 11) is -3.46. The molecular weight excluding hydrogens is 308 g/mol. The first-order chi connectivity index (χ1) is 10.2. The second kappa shape index (κ2) is 6.57. The molecule has 2 aliphatic heterocycles. The Bertz CT molecular complexity index is 498. The fourth-order valence-electron chi connectivity index (χ4n) is 2.93. The zero-order valence-electron chi connectivity index (χ0n) is 13.7. The van der Waals surface area contributed by atoms with E-state index in [1.165, 1.54) is 0 Å². The van der Waals surface area contributed by atoms with Gasteiger partial charge in [0.25, 0.3) is 0 Å². The SMILES string of the molecule is C=CCO[C@@H]1C(S(=O)(=O)CC(C)C)OC[C@H]2OC(C)(C)O[C@@H]12. The smallest absolute Gasteiger partial charge is 0.187 e. The lowest BCUT2D eigenvalue weighted by Gasteiger charge is -2.37. The zero-order chi connectivity index (χ0) is 16.5. The molecule has 2 fully saturated rings. The van der Waals surface area contributed by atoms with Crippen molar-refractivity contribution in [3.8, 4) is 0 Å². The Morgan fingerprint density at radius 2 is 2.05 bits per heavy atom. The van der Waals surface area contributed by atoms with Crippen molar-refractivity contribution < 1.29 is 27.4 Å². The van der Waals surface area contributed by atoms with Gasteiger partial charge >= 0.3 is 0 Å².